The van der Waals surface area contributed by atoms with Crippen molar-refractivity contribution in [3.05, 3.63) is 93.0 Å². The summed E-state index contributed by atoms with van der Waals surface area (Å²) in [6, 6.07) is 16.3. The first-order chi connectivity index (χ1) is 17.3. The number of hydrogen-bond acceptors (Lipinski definition) is 5. The van der Waals surface area contributed by atoms with Crippen molar-refractivity contribution in [2.24, 2.45) is 0 Å². The lowest BCUT2D eigenvalue weighted by molar-refractivity contribution is -0.122. The minimum absolute atomic E-state index is 0.210. The molecule has 1 saturated heterocycles. The molecule has 0 radical (unpaired) electrons. The Balaban J connectivity index is 1.63. The van der Waals surface area contributed by atoms with Crippen LogP contribution in [0.15, 0.2) is 66.2 Å². The molecule has 0 saturated carbocycles. The number of aryl methyl sites for hydroxylation is 1. The van der Waals surface area contributed by atoms with Gasteiger partial charge in [0, 0.05) is 15.6 Å². The maximum atomic E-state index is 13.2. The Morgan fingerprint density at radius 1 is 0.917 bits per heavy atom. The van der Waals surface area contributed by atoms with Crippen LogP contribution in [0.3, 0.4) is 0 Å². The maximum absolute atomic E-state index is 13.2. The van der Waals surface area contributed by atoms with Crippen LogP contribution in [-0.4, -0.2) is 24.5 Å². The molecule has 4 rings (SSSR count). The van der Waals surface area contributed by atoms with E-state index in [1.54, 1.807) is 43.3 Å². The molecule has 3 aromatic rings. The van der Waals surface area contributed by atoms with Crippen LogP contribution in [0.25, 0.3) is 6.08 Å². The number of barbiturate groups is 1. The lowest BCUT2D eigenvalue weighted by Crippen LogP contribution is -2.54. The quantitative estimate of drug-likeness (QED) is 0.305. The first-order valence-electron chi connectivity index (χ1n) is 11.1. The van der Waals surface area contributed by atoms with E-state index >= 15 is 0 Å². The third kappa shape index (κ3) is 5.37. The maximum Gasteiger partial charge on any atom is 0.335 e. The summed E-state index contributed by atoms with van der Waals surface area (Å²) in [5.74, 6) is -0.651. The predicted molar refractivity (Wildman–Crippen MR) is 139 cm³/mol. The van der Waals surface area contributed by atoms with Crippen LogP contribution in [0.2, 0.25) is 10.0 Å². The summed E-state index contributed by atoms with van der Waals surface area (Å²) in [4.78, 5) is 39.1. The minimum Gasteiger partial charge on any atom is -0.490 e. The Morgan fingerprint density at radius 3 is 2.42 bits per heavy atom. The van der Waals surface area contributed by atoms with Gasteiger partial charge in [-0.3, -0.25) is 14.9 Å². The minimum atomic E-state index is -0.847. The molecule has 9 heteroatoms. The second-order valence-corrected chi connectivity index (χ2v) is 8.73. The van der Waals surface area contributed by atoms with Gasteiger partial charge < -0.3 is 9.47 Å². The zero-order chi connectivity index (χ0) is 25.8. The highest BCUT2D eigenvalue weighted by molar-refractivity contribution is 6.39. The molecule has 0 bridgehead atoms. The number of amides is 4. The van der Waals surface area contributed by atoms with E-state index in [0.717, 1.165) is 16.0 Å². The highest BCUT2D eigenvalue weighted by atomic mass is 35.5. The second kappa shape index (κ2) is 10.8. The number of nitrogens with zero attached hydrogens (tertiary/aromatic N) is 1. The summed E-state index contributed by atoms with van der Waals surface area (Å²) < 4.78 is 11.6. The van der Waals surface area contributed by atoms with Crippen LogP contribution in [-0.2, 0) is 16.2 Å². The molecule has 1 fully saturated rings. The fourth-order valence-electron chi connectivity index (χ4n) is 3.55. The van der Waals surface area contributed by atoms with Crippen molar-refractivity contribution >= 4 is 52.8 Å². The van der Waals surface area contributed by atoms with Crippen molar-refractivity contribution in [1.29, 1.82) is 0 Å². The number of benzene rings is 3. The molecular weight excluding hydrogens is 503 g/mol. The average molecular weight is 525 g/mol. The van der Waals surface area contributed by atoms with Gasteiger partial charge in [-0.1, -0.05) is 53.5 Å². The number of anilines is 1. The zero-order valence-electron chi connectivity index (χ0n) is 19.5. The van der Waals surface area contributed by atoms with Gasteiger partial charge in [0.25, 0.3) is 11.8 Å². The van der Waals surface area contributed by atoms with Crippen LogP contribution in [0.5, 0.6) is 11.5 Å². The number of carbonyl (C=O) groups is 3. The van der Waals surface area contributed by atoms with Gasteiger partial charge in [0.15, 0.2) is 11.5 Å². The summed E-state index contributed by atoms with van der Waals surface area (Å²) in [5, 5.41) is 3.19. The zero-order valence-corrected chi connectivity index (χ0v) is 21.0. The molecule has 0 aromatic heterocycles. The summed E-state index contributed by atoms with van der Waals surface area (Å²) in [6.45, 7) is 4.24. The first kappa shape index (κ1) is 25.3. The molecule has 36 heavy (non-hydrogen) atoms. The fraction of sp³-hybridized carbons (Fsp3) is 0.148. The van der Waals surface area contributed by atoms with Gasteiger partial charge >= 0.3 is 6.03 Å². The van der Waals surface area contributed by atoms with Crippen molar-refractivity contribution in [3.8, 4) is 11.5 Å². The van der Waals surface area contributed by atoms with E-state index in [-0.39, 0.29) is 17.9 Å². The van der Waals surface area contributed by atoms with Gasteiger partial charge in [-0.15, -0.1) is 0 Å². The topological polar surface area (TPSA) is 84.9 Å². The largest absolute Gasteiger partial charge is 0.490 e. The van der Waals surface area contributed by atoms with Crippen molar-refractivity contribution in [1.82, 2.24) is 5.32 Å². The van der Waals surface area contributed by atoms with Crippen LogP contribution in [0, 0.1) is 6.92 Å². The van der Waals surface area contributed by atoms with E-state index in [1.165, 1.54) is 12.1 Å². The van der Waals surface area contributed by atoms with Crippen molar-refractivity contribution in [3.63, 3.8) is 0 Å². The van der Waals surface area contributed by atoms with Gasteiger partial charge in [0.05, 0.1) is 12.3 Å². The molecule has 0 spiro atoms. The molecular formula is C27H22Cl2N2O5. The molecule has 1 aliphatic rings. The summed E-state index contributed by atoms with van der Waals surface area (Å²) >= 11 is 12.4. The molecule has 1 N–H and O–H groups in total. The molecule has 4 amide bonds. The number of rotatable bonds is 7. The van der Waals surface area contributed by atoms with Gasteiger partial charge in [0.1, 0.15) is 12.2 Å². The molecule has 0 atom stereocenters. The number of imide groups is 2. The summed E-state index contributed by atoms with van der Waals surface area (Å²) in [6.07, 6.45) is 1.40. The van der Waals surface area contributed by atoms with Crippen LogP contribution in [0.4, 0.5) is 10.5 Å². The van der Waals surface area contributed by atoms with E-state index < -0.39 is 17.8 Å². The van der Waals surface area contributed by atoms with E-state index in [9.17, 15) is 14.4 Å². The third-order valence-corrected chi connectivity index (χ3v) is 6.21. The number of halogens is 2. The lowest BCUT2D eigenvalue weighted by Gasteiger charge is -2.26. The monoisotopic (exact) mass is 524 g/mol. The van der Waals surface area contributed by atoms with Gasteiger partial charge in [-0.2, -0.15) is 0 Å². The number of urea groups is 1. The Bertz CT molecular complexity index is 1390. The molecule has 3 aromatic carbocycles. The number of ether oxygens (including phenoxy) is 2. The molecule has 1 aliphatic heterocycles. The van der Waals surface area contributed by atoms with E-state index in [2.05, 4.69) is 5.32 Å². The molecule has 7 nitrogen and oxygen atoms in total. The van der Waals surface area contributed by atoms with Crippen LogP contribution < -0.4 is 19.7 Å². The number of carbonyl (C=O) groups excluding carboxylic acids is 3. The predicted octanol–water partition coefficient (Wildman–Crippen LogP) is 5.95. The Morgan fingerprint density at radius 2 is 1.69 bits per heavy atom. The Labute approximate surface area is 218 Å². The average Bonchev–Trinajstić information content (AvgIpc) is 2.84. The van der Waals surface area contributed by atoms with Gasteiger partial charge in [-0.05, 0) is 61.4 Å². The standard InChI is InChI=1S/C27H22Cl2N2O5/c1-3-35-24-13-17(9-11-23(24)36-15-18-6-4-5-7-21(18)28)12-20-25(32)30-27(34)31(26(20)33)19-10-8-16(2)22(29)14-19/h4-14H,3,15H2,1-2H3,(H,30,32,34)/b20-12-. The normalized spacial score (nSPS) is 14.7. The molecule has 0 aliphatic carbocycles. The smallest absolute Gasteiger partial charge is 0.335 e. The Kier molecular flexibility index (Phi) is 7.62. The van der Waals surface area contributed by atoms with Crippen molar-refractivity contribution < 1.29 is 23.9 Å². The van der Waals surface area contributed by atoms with Crippen LogP contribution in [0.1, 0.15) is 23.6 Å². The molecule has 1 heterocycles. The second-order valence-electron chi connectivity index (χ2n) is 7.91. The van der Waals surface area contributed by atoms with E-state index in [4.69, 9.17) is 32.7 Å². The van der Waals surface area contributed by atoms with E-state index in [0.29, 0.717) is 33.7 Å². The highest BCUT2D eigenvalue weighted by Crippen LogP contribution is 2.32. The van der Waals surface area contributed by atoms with Crippen molar-refractivity contribution in [2.45, 2.75) is 20.5 Å². The van der Waals surface area contributed by atoms with Crippen molar-refractivity contribution in [2.75, 3.05) is 11.5 Å². The number of hydrogen-bond donors (Lipinski definition) is 1. The van der Waals surface area contributed by atoms with E-state index in [1.807, 2.05) is 25.1 Å². The SMILES string of the molecule is CCOc1cc(/C=C2/C(=O)NC(=O)N(c3ccc(C)c(Cl)c3)C2=O)ccc1OCc1ccccc1Cl. The molecule has 0 unspecified atom stereocenters. The highest BCUT2D eigenvalue weighted by Gasteiger charge is 2.37. The first-order valence-corrected chi connectivity index (χ1v) is 11.8. The molecule has 184 valence electrons. The van der Waals surface area contributed by atoms with Gasteiger partial charge in [-0.25, -0.2) is 9.69 Å². The van der Waals surface area contributed by atoms with Gasteiger partial charge in [0.2, 0.25) is 0 Å². The summed E-state index contributed by atoms with van der Waals surface area (Å²) in [7, 11) is 0. The number of nitrogens with one attached hydrogen (secondary N) is 1. The lowest BCUT2D eigenvalue weighted by atomic mass is 10.1. The summed E-state index contributed by atoms with van der Waals surface area (Å²) in [5.41, 5.74) is 2.16. The Hall–Kier alpha value is -3.81. The fourth-order valence-corrected chi connectivity index (χ4v) is 3.92. The third-order valence-electron chi connectivity index (χ3n) is 5.43. The van der Waals surface area contributed by atoms with Crippen LogP contribution >= 0.6 is 23.2 Å².